The average molecular weight is 476 g/mol. The van der Waals surface area contributed by atoms with Crippen LogP contribution in [0.5, 0.6) is 0 Å². The Kier molecular flexibility index (Phi) is 7.01. The van der Waals surface area contributed by atoms with Crippen molar-refractivity contribution in [2.24, 2.45) is 0 Å². The lowest BCUT2D eigenvalue weighted by Gasteiger charge is -2.17. The highest BCUT2D eigenvalue weighted by Gasteiger charge is 2.27. The third kappa shape index (κ3) is 5.30. The lowest BCUT2D eigenvalue weighted by atomic mass is 10.0. The van der Waals surface area contributed by atoms with Crippen molar-refractivity contribution in [3.8, 4) is 0 Å². The quantitative estimate of drug-likeness (QED) is 0.346. The van der Waals surface area contributed by atoms with Crippen LogP contribution in [0.2, 0.25) is 5.02 Å². The first-order chi connectivity index (χ1) is 16.3. The molecule has 0 fully saturated rings. The molecule has 6 nitrogen and oxygen atoms in total. The van der Waals surface area contributed by atoms with Crippen molar-refractivity contribution in [3.63, 3.8) is 0 Å². The summed E-state index contributed by atoms with van der Waals surface area (Å²) in [7, 11) is 3.41. The highest BCUT2D eigenvalue weighted by molar-refractivity contribution is 6.32. The van der Waals surface area contributed by atoms with E-state index < -0.39 is 5.97 Å². The molecule has 1 aliphatic heterocycles. The molecule has 0 radical (unpaired) electrons. The fourth-order valence-electron chi connectivity index (χ4n) is 4.03. The second-order valence-electron chi connectivity index (χ2n) is 8.33. The van der Waals surface area contributed by atoms with E-state index in [-0.39, 0.29) is 5.91 Å². The number of allylic oxidation sites excluding steroid dienone is 1. The Morgan fingerprint density at radius 2 is 1.62 bits per heavy atom. The third-order valence-electron chi connectivity index (χ3n) is 5.66. The molecule has 2 N–H and O–H groups in total. The van der Waals surface area contributed by atoms with E-state index in [1.54, 1.807) is 18.2 Å². The minimum atomic E-state index is -0.441. The van der Waals surface area contributed by atoms with Gasteiger partial charge in [-0.25, -0.2) is 4.79 Å². The van der Waals surface area contributed by atoms with Crippen molar-refractivity contribution in [1.29, 1.82) is 0 Å². The Hall–Kier alpha value is -3.61. The van der Waals surface area contributed by atoms with Gasteiger partial charge in [-0.15, -0.1) is 0 Å². The van der Waals surface area contributed by atoms with Gasteiger partial charge in [-0.1, -0.05) is 41.9 Å². The molecular formula is C27H26ClN3O3. The van der Waals surface area contributed by atoms with Crippen LogP contribution in [0.15, 0.2) is 72.4 Å². The second kappa shape index (κ2) is 10.1. The van der Waals surface area contributed by atoms with Crippen LogP contribution < -0.4 is 10.6 Å². The lowest BCUT2D eigenvalue weighted by molar-refractivity contribution is -0.110. The number of rotatable bonds is 7. The van der Waals surface area contributed by atoms with Crippen LogP contribution in [0.4, 0.5) is 11.4 Å². The summed E-state index contributed by atoms with van der Waals surface area (Å²) >= 11 is 5.96. The smallest absolute Gasteiger partial charge is 0.337 e. The molecule has 0 unspecified atom stereocenters. The maximum atomic E-state index is 12.6. The maximum Gasteiger partial charge on any atom is 0.337 e. The van der Waals surface area contributed by atoms with E-state index in [1.165, 1.54) is 18.2 Å². The van der Waals surface area contributed by atoms with Gasteiger partial charge in [0.1, 0.15) is 0 Å². The number of halogens is 1. The number of nitrogens with one attached hydrogen (secondary N) is 2. The summed E-state index contributed by atoms with van der Waals surface area (Å²) in [5.74, 6) is -0.648. The van der Waals surface area contributed by atoms with Gasteiger partial charge in [0, 0.05) is 35.1 Å². The number of hydrogen-bond donors (Lipinski definition) is 2. The normalized spacial score (nSPS) is 14.0. The van der Waals surface area contributed by atoms with Crippen LogP contribution in [0.3, 0.4) is 0 Å². The summed E-state index contributed by atoms with van der Waals surface area (Å²) in [4.78, 5) is 26.6. The van der Waals surface area contributed by atoms with Gasteiger partial charge in [0.05, 0.1) is 23.9 Å². The van der Waals surface area contributed by atoms with E-state index in [4.69, 9.17) is 16.3 Å². The largest absolute Gasteiger partial charge is 0.465 e. The minimum absolute atomic E-state index is 0.206. The Morgan fingerprint density at radius 1 is 1.00 bits per heavy atom. The molecule has 1 amide bonds. The second-order valence-corrected chi connectivity index (χ2v) is 8.76. The number of methoxy groups -OCH3 is 1. The Balaban J connectivity index is 1.43. The molecule has 3 aromatic carbocycles. The maximum absolute atomic E-state index is 12.6. The molecule has 0 spiro atoms. The Bertz CT molecular complexity index is 1250. The van der Waals surface area contributed by atoms with Crippen LogP contribution in [-0.2, 0) is 22.6 Å². The van der Waals surface area contributed by atoms with Crippen molar-refractivity contribution in [2.45, 2.75) is 20.0 Å². The highest BCUT2D eigenvalue weighted by atomic mass is 35.5. The van der Waals surface area contributed by atoms with Crippen LogP contribution in [0.1, 0.15) is 34.0 Å². The first-order valence-electron chi connectivity index (χ1n) is 10.9. The molecule has 174 valence electrons. The van der Waals surface area contributed by atoms with Crippen LogP contribution in [-0.4, -0.2) is 30.9 Å². The van der Waals surface area contributed by atoms with E-state index in [0.29, 0.717) is 16.8 Å². The molecule has 0 saturated heterocycles. The van der Waals surface area contributed by atoms with Gasteiger partial charge in [-0.3, -0.25) is 9.69 Å². The molecular weight excluding hydrogens is 450 g/mol. The predicted octanol–water partition coefficient (Wildman–Crippen LogP) is 5.55. The Labute approximate surface area is 204 Å². The number of fused-ring (bicyclic) bond motifs is 1. The van der Waals surface area contributed by atoms with Crippen molar-refractivity contribution in [1.82, 2.24) is 4.90 Å². The fourth-order valence-corrected chi connectivity index (χ4v) is 4.16. The van der Waals surface area contributed by atoms with Gasteiger partial charge in [-0.2, -0.15) is 0 Å². The standard InChI is InChI=1S/C27H26ClN3O3/c1-17(25-23-13-8-20(27(33)34-3)14-24(23)30-26(25)32)29-22-11-6-19(7-12-22)16-31(2)15-18-4-9-21(28)10-5-18/h4-14,29H,15-16H2,1-3H3,(H,30,32)/b25-17-. The van der Waals surface area contributed by atoms with Crippen molar-refractivity contribution in [2.75, 3.05) is 24.8 Å². The molecule has 0 aromatic heterocycles. The highest BCUT2D eigenvalue weighted by Crippen LogP contribution is 2.35. The number of amides is 1. The van der Waals surface area contributed by atoms with Crippen molar-refractivity contribution < 1.29 is 14.3 Å². The van der Waals surface area contributed by atoms with E-state index in [2.05, 4.69) is 34.7 Å². The first-order valence-corrected chi connectivity index (χ1v) is 11.3. The van der Waals surface area contributed by atoms with E-state index in [9.17, 15) is 9.59 Å². The third-order valence-corrected chi connectivity index (χ3v) is 5.92. The van der Waals surface area contributed by atoms with Gasteiger partial charge in [0.15, 0.2) is 0 Å². The average Bonchev–Trinajstić information content (AvgIpc) is 3.16. The number of carbonyl (C=O) groups is 2. The first kappa shape index (κ1) is 23.5. The van der Waals surface area contributed by atoms with Gasteiger partial charge in [-0.05, 0) is 61.5 Å². The minimum Gasteiger partial charge on any atom is -0.465 e. The fraction of sp³-hybridized carbons (Fsp3) is 0.185. The molecule has 0 saturated carbocycles. The number of ether oxygens (including phenoxy) is 1. The molecule has 1 aliphatic rings. The lowest BCUT2D eigenvalue weighted by Crippen LogP contribution is -2.17. The van der Waals surface area contributed by atoms with E-state index >= 15 is 0 Å². The van der Waals surface area contributed by atoms with E-state index in [1.807, 2.05) is 43.3 Å². The van der Waals surface area contributed by atoms with Crippen LogP contribution in [0.25, 0.3) is 5.57 Å². The van der Waals surface area contributed by atoms with Crippen molar-refractivity contribution in [3.05, 3.63) is 99.7 Å². The topological polar surface area (TPSA) is 70.7 Å². The molecule has 34 heavy (non-hydrogen) atoms. The summed E-state index contributed by atoms with van der Waals surface area (Å²) in [6.07, 6.45) is 0. The number of nitrogens with zero attached hydrogens (tertiary/aromatic N) is 1. The van der Waals surface area contributed by atoms with E-state index in [0.717, 1.165) is 35.1 Å². The predicted molar refractivity (Wildman–Crippen MR) is 136 cm³/mol. The molecule has 7 heteroatoms. The summed E-state index contributed by atoms with van der Waals surface area (Å²) in [6.45, 7) is 3.50. The Morgan fingerprint density at radius 3 is 2.24 bits per heavy atom. The van der Waals surface area contributed by atoms with Gasteiger partial charge < -0.3 is 15.4 Å². The monoisotopic (exact) mass is 475 g/mol. The number of anilines is 2. The molecule has 0 aliphatic carbocycles. The summed E-state index contributed by atoms with van der Waals surface area (Å²) < 4.78 is 4.76. The zero-order chi connectivity index (χ0) is 24.2. The molecule has 0 bridgehead atoms. The van der Waals surface area contributed by atoms with Gasteiger partial charge in [0.25, 0.3) is 5.91 Å². The van der Waals surface area contributed by atoms with Gasteiger partial charge >= 0.3 is 5.97 Å². The summed E-state index contributed by atoms with van der Waals surface area (Å²) in [5, 5.41) is 6.90. The number of benzene rings is 3. The molecule has 4 rings (SSSR count). The van der Waals surface area contributed by atoms with Crippen molar-refractivity contribution >= 4 is 40.4 Å². The van der Waals surface area contributed by atoms with Crippen LogP contribution >= 0.6 is 11.6 Å². The van der Waals surface area contributed by atoms with Gasteiger partial charge in [0.2, 0.25) is 0 Å². The SMILES string of the molecule is COC(=O)c1ccc2c(c1)NC(=O)/C2=C(/C)Nc1ccc(CN(C)Cc2ccc(Cl)cc2)cc1. The molecule has 1 heterocycles. The number of hydrogen-bond acceptors (Lipinski definition) is 5. The zero-order valence-corrected chi connectivity index (χ0v) is 20.1. The summed E-state index contributed by atoms with van der Waals surface area (Å²) in [6, 6.07) is 21.1. The zero-order valence-electron chi connectivity index (χ0n) is 19.3. The summed E-state index contributed by atoms with van der Waals surface area (Å²) in [5.41, 5.74) is 6.32. The molecule has 0 atom stereocenters. The molecule has 3 aromatic rings. The number of esters is 1. The number of carbonyl (C=O) groups excluding carboxylic acids is 2. The van der Waals surface area contributed by atoms with Crippen LogP contribution in [0, 0.1) is 0 Å².